The van der Waals surface area contributed by atoms with Crippen LogP contribution in [0.4, 0.5) is 0 Å². The quantitative estimate of drug-likeness (QED) is 0.165. The van der Waals surface area contributed by atoms with Gasteiger partial charge in [0.1, 0.15) is 14.5 Å². The lowest BCUT2D eigenvalue weighted by Crippen LogP contribution is -2.41. The van der Waals surface area contributed by atoms with Gasteiger partial charge in [0.25, 0.3) is 20.0 Å². The Morgan fingerprint density at radius 3 is 1.98 bits per heavy atom. The van der Waals surface area contributed by atoms with Crippen molar-refractivity contribution < 1.29 is 36.2 Å². The van der Waals surface area contributed by atoms with Crippen LogP contribution in [0, 0.1) is 0 Å². The van der Waals surface area contributed by atoms with E-state index < -0.39 is 26.2 Å². The minimum absolute atomic E-state index is 0.166. The lowest BCUT2D eigenvalue weighted by molar-refractivity contribution is -0.162. The minimum atomic E-state index is -3.38. The summed E-state index contributed by atoms with van der Waals surface area (Å²) in [5.74, 6) is 0. The van der Waals surface area contributed by atoms with E-state index in [1.807, 2.05) is 26.8 Å². The molecule has 0 radical (unpaired) electrons. The van der Waals surface area contributed by atoms with Crippen LogP contribution < -0.4 is 0 Å². The number of rotatable bonds is 12. The lowest BCUT2D eigenvalue weighted by atomic mass is 10.2. The van der Waals surface area contributed by atoms with E-state index in [-0.39, 0.29) is 18.9 Å². The van der Waals surface area contributed by atoms with Gasteiger partial charge in [-0.25, -0.2) is 16.8 Å². The standard InChI is InChI=1S/C13H20BrNO4S2.C9H12BrNO3S2.C4H8O/c1-3-18-10(2)19-12-9-15(7-4-6-14)21(16,17)13-11(12)5-8-20-13;10-3-1-4-11-6-8(12)7-2-5-15-9(7)16(11,13)14;1-3-5-4-2/h5,8,10,12H,3-4,6-7,9H2,1-2H3;2,5,8,12H,1,3-4,6H2;3H,1,4H2,2H3. The highest BCUT2D eigenvalue weighted by atomic mass is 79.9. The summed E-state index contributed by atoms with van der Waals surface area (Å²) in [5.41, 5.74) is 1.29. The van der Waals surface area contributed by atoms with E-state index in [4.69, 9.17) is 9.47 Å². The molecule has 10 nitrogen and oxygen atoms in total. The Bertz CT molecular complexity index is 1300. The fourth-order valence-electron chi connectivity index (χ4n) is 4.16. The first-order valence-corrected chi connectivity index (χ1v) is 20.3. The topological polar surface area (TPSA) is 123 Å². The molecule has 3 unspecified atom stereocenters. The maximum absolute atomic E-state index is 12.6. The zero-order valence-corrected chi connectivity index (χ0v) is 30.4. The summed E-state index contributed by atoms with van der Waals surface area (Å²) in [5, 5.41) is 14.9. The monoisotopic (exact) mass is 794 g/mol. The summed E-state index contributed by atoms with van der Waals surface area (Å²) in [7, 11) is -6.76. The molecule has 4 heterocycles. The third-order valence-corrected chi connectivity index (χ3v) is 13.9. The van der Waals surface area contributed by atoms with Crippen LogP contribution in [0.25, 0.3) is 0 Å². The molecule has 0 saturated carbocycles. The second-order valence-electron chi connectivity index (χ2n) is 8.92. The van der Waals surface area contributed by atoms with E-state index in [1.54, 1.807) is 16.8 Å². The number of aliphatic hydroxyl groups is 1. The summed E-state index contributed by atoms with van der Waals surface area (Å²) in [6, 6.07) is 3.52. The molecule has 240 valence electrons. The molecule has 2 aliphatic heterocycles. The molecular weight excluding hydrogens is 756 g/mol. The smallest absolute Gasteiger partial charge is 0.253 e. The predicted octanol–water partition coefficient (Wildman–Crippen LogP) is 5.71. The second kappa shape index (κ2) is 18.5. The van der Waals surface area contributed by atoms with Crippen molar-refractivity contribution in [3.05, 3.63) is 46.9 Å². The van der Waals surface area contributed by atoms with Crippen LogP contribution in [0.2, 0.25) is 0 Å². The average molecular weight is 797 g/mol. The first-order chi connectivity index (χ1) is 20.0. The molecule has 2 aromatic rings. The normalized spacial score (nSPS) is 21.5. The number of nitrogens with zero attached hydrogens (tertiary/aromatic N) is 2. The van der Waals surface area contributed by atoms with E-state index in [0.29, 0.717) is 40.2 Å². The van der Waals surface area contributed by atoms with Gasteiger partial charge in [-0.2, -0.15) is 8.61 Å². The lowest BCUT2D eigenvalue weighted by Gasteiger charge is -2.33. The summed E-state index contributed by atoms with van der Waals surface area (Å²) in [6.45, 7) is 11.7. The summed E-state index contributed by atoms with van der Waals surface area (Å²) in [6.07, 6.45) is 1.62. The second-order valence-corrected chi connectivity index (χ2v) is 16.6. The molecule has 16 heteroatoms. The molecule has 0 aliphatic carbocycles. The number of hydrogen-bond donors (Lipinski definition) is 1. The van der Waals surface area contributed by atoms with Crippen molar-refractivity contribution in [2.45, 2.75) is 60.5 Å². The molecule has 2 aromatic heterocycles. The van der Waals surface area contributed by atoms with E-state index in [9.17, 15) is 21.9 Å². The molecular formula is C26H40Br2N2O8S4. The first-order valence-electron chi connectivity index (χ1n) is 13.4. The molecule has 3 atom stereocenters. The molecule has 42 heavy (non-hydrogen) atoms. The Balaban J connectivity index is 0.000000259. The van der Waals surface area contributed by atoms with Gasteiger partial charge in [-0.15, -0.1) is 22.7 Å². The Kier molecular flexibility index (Phi) is 16.7. The van der Waals surface area contributed by atoms with Gasteiger partial charge in [-0.3, -0.25) is 0 Å². The van der Waals surface area contributed by atoms with Crippen molar-refractivity contribution in [3.8, 4) is 0 Å². The van der Waals surface area contributed by atoms with Crippen molar-refractivity contribution in [2.75, 3.05) is 50.1 Å². The molecule has 2 aliphatic rings. The van der Waals surface area contributed by atoms with Gasteiger partial charge >= 0.3 is 0 Å². The van der Waals surface area contributed by atoms with Crippen molar-refractivity contribution in [1.29, 1.82) is 0 Å². The number of fused-ring (bicyclic) bond motifs is 2. The van der Waals surface area contributed by atoms with E-state index >= 15 is 0 Å². The Labute approximate surface area is 275 Å². The third kappa shape index (κ3) is 10.1. The maximum atomic E-state index is 12.6. The molecule has 0 saturated heterocycles. The van der Waals surface area contributed by atoms with Crippen LogP contribution >= 0.6 is 54.5 Å². The SMILES string of the molecule is C=COCC.CCOC(C)OC1CN(CCCBr)S(=O)(=O)c2sccc21.O=S1(=O)c2sccc2C(O)CN1CCCBr. The van der Waals surface area contributed by atoms with Gasteiger partial charge in [-0.05, 0) is 56.5 Å². The Morgan fingerprint density at radius 1 is 0.976 bits per heavy atom. The van der Waals surface area contributed by atoms with E-state index in [0.717, 1.165) is 35.7 Å². The first kappa shape index (κ1) is 37.8. The highest BCUT2D eigenvalue weighted by molar-refractivity contribution is 9.09. The summed E-state index contributed by atoms with van der Waals surface area (Å²) < 4.78 is 68.8. The van der Waals surface area contributed by atoms with Crippen molar-refractivity contribution >= 4 is 74.6 Å². The molecule has 0 spiro atoms. The maximum Gasteiger partial charge on any atom is 0.253 e. The van der Waals surface area contributed by atoms with Gasteiger partial charge in [0.2, 0.25) is 0 Å². The molecule has 0 bridgehead atoms. The van der Waals surface area contributed by atoms with Gasteiger partial charge in [0.05, 0.1) is 19.0 Å². The number of halogens is 2. The summed E-state index contributed by atoms with van der Waals surface area (Å²) >= 11 is 9.04. The van der Waals surface area contributed by atoms with Gasteiger partial charge in [0, 0.05) is 54.6 Å². The van der Waals surface area contributed by atoms with Crippen molar-refractivity contribution in [2.24, 2.45) is 0 Å². The number of ether oxygens (including phenoxy) is 3. The van der Waals surface area contributed by atoms with Gasteiger partial charge in [0.15, 0.2) is 6.29 Å². The fraction of sp³-hybridized carbons (Fsp3) is 0.615. The minimum Gasteiger partial charge on any atom is -0.502 e. The van der Waals surface area contributed by atoms with Gasteiger partial charge in [-0.1, -0.05) is 38.4 Å². The van der Waals surface area contributed by atoms with E-state index in [1.165, 1.54) is 37.5 Å². The van der Waals surface area contributed by atoms with Crippen LogP contribution in [0.1, 0.15) is 56.9 Å². The highest BCUT2D eigenvalue weighted by Crippen LogP contribution is 2.39. The average Bonchev–Trinajstić information content (AvgIpc) is 3.64. The third-order valence-electron chi connectivity index (χ3n) is 6.04. The Hall–Kier alpha value is -0.400. The van der Waals surface area contributed by atoms with Crippen molar-refractivity contribution in [1.82, 2.24) is 8.61 Å². The fourth-order valence-corrected chi connectivity index (χ4v) is 10.8. The number of alkyl halides is 2. The molecule has 0 amide bonds. The van der Waals surface area contributed by atoms with Crippen molar-refractivity contribution in [3.63, 3.8) is 0 Å². The summed E-state index contributed by atoms with van der Waals surface area (Å²) in [4.78, 5) is 0. The molecule has 0 fully saturated rings. The number of hydrogen-bond acceptors (Lipinski definition) is 10. The molecule has 1 N–H and O–H groups in total. The van der Waals surface area contributed by atoms with Crippen LogP contribution in [0.3, 0.4) is 0 Å². The largest absolute Gasteiger partial charge is 0.502 e. The van der Waals surface area contributed by atoms with Gasteiger partial charge < -0.3 is 19.3 Å². The van der Waals surface area contributed by atoms with E-state index in [2.05, 4.69) is 43.2 Å². The molecule has 4 rings (SSSR count). The zero-order valence-electron chi connectivity index (χ0n) is 24.0. The Morgan fingerprint density at radius 2 is 1.50 bits per heavy atom. The number of sulfonamides is 2. The zero-order chi connectivity index (χ0) is 31.3. The number of thiophene rings is 2. The van der Waals surface area contributed by atoms with Crippen LogP contribution in [-0.4, -0.2) is 86.9 Å². The number of aliphatic hydroxyl groups excluding tert-OH is 1. The number of β-amino-alcohol motifs (C(OH)–C–C–N with tert-alkyl or cyclic N) is 1. The van der Waals surface area contributed by atoms with Crippen LogP contribution in [-0.2, 0) is 34.3 Å². The highest BCUT2D eigenvalue weighted by Gasteiger charge is 2.39. The predicted molar refractivity (Wildman–Crippen MR) is 175 cm³/mol. The molecule has 0 aromatic carbocycles. The van der Waals surface area contributed by atoms with Crippen LogP contribution in [0.5, 0.6) is 0 Å². The van der Waals surface area contributed by atoms with Crippen LogP contribution in [0.15, 0.2) is 44.2 Å².